The predicted octanol–water partition coefficient (Wildman–Crippen LogP) is -0.493. The molecule has 9 heteroatoms. The summed E-state index contributed by atoms with van der Waals surface area (Å²) in [4.78, 5) is 7.97. The van der Waals surface area contributed by atoms with Crippen LogP contribution in [-0.4, -0.2) is 72.5 Å². The maximum Gasteiger partial charge on any atom is 0.282 e. The third-order valence-corrected chi connectivity index (χ3v) is 5.56. The monoisotopic (exact) mass is 314 g/mol. The Labute approximate surface area is 123 Å². The Kier molecular flexibility index (Phi) is 4.34. The van der Waals surface area contributed by atoms with Crippen LogP contribution in [0.15, 0.2) is 18.6 Å². The Morgan fingerprint density at radius 2 is 2.00 bits per heavy atom. The van der Waals surface area contributed by atoms with Crippen LogP contribution in [0.5, 0.6) is 5.88 Å². The molecule has 2 fully saturated rings. The minimum atomic E-state index is -3.42. The van der Waals surface area contributed by atoms with Crippen molar-refractivity contribution < 1.29 is 17.9 Å². The largest absolute Gasteiger partial charge is 0.472 e. The van der Waals surface area contributed by atoms with Crippen LogP contribution >= 0.6 is 0 Å². The zero-order chi connectivity index (χ0) is 14.7. The first-order valence-corrected chi connectivity index (χ1v) is 8.31. The molecule has 8 nitrogen and oxygen atoms in total. The van der Waals surface area contributed by atoms with Gasteiger partial charge in [-0.1, -0.05) is 0 Å². The highest BCUT2D eigenvalue weighted by atomic mass is 32.2. The summed E-state index contributed by atoms with van der Waals surface area (Å²) in [6.45, 7) is 2.53. The first kappa shape index (κ1) is 14.6. The highest BCUT2D eigenvalue weighted by molar-refractivity contribution is 7.86. The summed E-state index contributed by atoms with van der Waals surface area (Å²) < 4.78 is 38.8. The van der Waals surface area contributed by atoms with Gasteiger partial charge in [0, 0.05) is 32.0 Å². The molecule has 0 aliphatic carbocycles. The van der Waals surface area contributed by atoms with Crippen LogP contribution in [-0.2, 0) is 14.9 Å². The van der Waals surface area contributed by atoms with Crippen molar-refractivity contribution in [2.75, 3.05) is 39.4 Å². The van der Waals surface area contributed by atoms with Crippen molar-refractivity contribution in [3.05, 3.63) is 18.6 Å². The summed E-state index contributed by atoms with van der Waals surface area (Å²) in [5.74, 6) is 0.424. The van der Waals surface area contributed by atoms with Gasteiger partial charge in [-0.15, -0.1) is 0 Å². The van der Waals surface area contributed by atoms with E-state index >= 15 is 0 Å². The van der Waals surface area contributed by atoms with Crippen LogP contribution in [0.4, 0.5) is 0 Å². The number of rotatable bonds is 4. The summed E-state index contributed by atoms with van der Waals surface area (Å²) >= 11 is 0. The molecule has 3 heterocycles. The van der Waals surface area contributed by atoms with Gasteiger partial charge in [0.25, 0.3) is 10.2 Å². The molecule has 2 aliphatic rings. The summed E-state index contributed by atoms with van der Waals surface area (Å²) in [5.41, 5.74) is 0. The highest BCUT2D eigenvalue weighted by Crippen LogP contribution is 2.21. The second kappa shape index (κ2) is 6.22. The first-order chi connectivity index (χ1) is 10.2. The van der Waals surface area contributed by atoms with Crippen LogP contribution in [0.2, 0.25) is 0 Å². The second-order valence-electron chi connectivity index (χ2n) is 4.95. The molecule has 0 saturated carbocycles. The van der Waals surface area contributed by atoms with Crippen LogP contribution in [0.25, 0.3) is 0 Å². The van der Waals surface area contributed by atoms with Crippen LogP contribution in [0, 0.1) is 0 Å². The van der Waals surface area contributed by atoms with Crippen molar-refractivity contribution in [2.45, 2.75) is 12.5 Å². The summed E-state index contributed by atoms with van der Waals surface area (Å²) in [6, 6.07) is 0. The summed E-state index contributed by atoms with van der Waals surface area (Å²) in [6.07, 6.45) is 5.11. The minimum absolute atomic E-state index is 0.183. The molecular formula is C12H18N4O4S. The fraction of sp³-hybridized carbons (Fsp3) is 0.667. The van der Waals surface area contributed by atoms with E-state index in [1.165, 1.54) is 14.8 Å². The Hall–Kier alpha value is -1.29. The molecule has 0 aromatic carbocycles. The van der Waals surface area contributed by atoms with Crippen molar-refractivity contribution in [1.82, 2.24) is 18.6 Å². The SMILES string of the molecule is O=S(=O)(N1CCOCC1)N1CCC(Oc2cnccn2)C1. The van der Waals surface area contributed by atoms with Gasteiger partial charge in [0.15, 0.2) is 0 Å². The number of hydrogen-bond donors (Lipinski definition) is 0. The van der Waals surface area contributed by atoms with E-state index in [-0.39, 0.29) is 6.10 Å². The third-order valence-electron chi connectivity index (χ3n) is 3.56. The molecule has 0 bridgehead atoms. The Morgan fingerprint density at radius 3 is 2.71 bits per heavy atom. The second-order valence-corrected chi connectivity index (χ2v) is 6.88. The van der Waals surface area contributed by atoms with Crippen molar-refractivity contribution in [2.24, 2.45) is 0 Å². The Morgan fingerprint density at radius 1 is 1.19 bits per heavy atom. The lowest BCUT2D eigenvalue weighted by Gasteiger charge is -2.29. The molecule has 116 valence electrons. The van der Waals surface area contributed by atoms with Crippen LogP contribution in [0.1, 0.15) is 6.42 Å². The molecule has 2 saturated heterocycles. The number of morpholine rings is 1. The standard InChI is InChI=1S/C12H18N4O4S/c17-21(18,15-5-7-19-8-6-15)16-4-1-11(10-16)20-12-9-13-2-3-14-12/h2-3,9,11H,1,4-8,10H2. The molecule has 1 aromatic rings. The highest BCUT2D eigenvalue weighted by Gasteiger charge is 2.37. The van der Waals surface area contributed by atoms with E-state index < -0.39 is 10.2 Å². The van der Waals surface area contributed by atoms with Gasteiger partial charge in [0.05, 0.1) is 26.0 Å². The van der Waals surface area contributed by atoms with Gasteiger partial charge in [-0.2, -0.15) is 17.0 Å². The number of nitrogens with zero attached hydrogens (tertiary/aromatic N) is 4. The van der Waals surface area contributed by atoms with E-state index in [2.05, 4.69) is 9.97 Å². The lowest BCUT2D eigenvalue weighted by Crippen LogP contribution is -2.48. The molecule has 2 aliphatic heterocycles. The summed E-state index contributed by atoms with van der Waals surface area (Å²) in [5, 5.41) is 0. The van der Waals surface area contributed by atoms with Gasteiger partial charge in [0.2, 0.25) is 5.88 Å². The van der Waals surface area contributed by atoms with E-state index in [0.29, 0.717) is 51.7 Å². The number of aromatic nitrogens is 2. The molecule has 0 radical (unpaired) electrons. The molecule has 1 unspecified atom stereocenters. The van der Waals surface area contributed by atoms with E-state index in [4.69, 9.17) is 9.47 Å². The zero-order valence-electron chi connectivity index (χ0n) is 11.6. The molecule has 0 N–H and O–H groups in total. The average Bonchev–Trinajstić information content (AvgIpc) is 2.98. The number of hydrogen-bond acceptors (Lipinski definition) is 6. The quantitative estimate of drug-likeness (QED) is 0.745. The first-order valence-electron chi connectivity index (χ1n) is 6.92. The maximum absolute atomic E-state index is 12.5. The fourth-order valence-electron chi connectivity index (χ4n) is 2.46. The van der Waals surface area contributed by atoms with Gasteiger partial charge in [-0.25, -0.2) is 4.98 Å². The lowest BCUT2D eigenvalue weighted by molar-refractivity contribution is 0.0703. The topological polar surface area (TPSA) is 84.9 Å². The van der Waals surface area contributed by atoms with E-state index in [1.807, 2.05) is 0 Å². The molecule has 21 heavy (non-hydrogen) atoms. The van der Waals surface area contributed by atoms with Crippen molar-refractivity contribution in [1.29, 1.82) is 0 Å². The normalized spacial score (nSPS) is 25.0. The van der Waals surface area contributed by atoms with E-state index in [1.54, 1.807) is 12.4 Å². The van der Waals surface area contributed by atoms with Gasteiger partial charge in [-0.3, -0.25) is 4.98 Å². The fourth-order valence-corrected chi connectivity index (χ4v) is 4.09. The van der Waals surface area contributed by atoms with Crippen molar-refractivity contribution in [3.8, 4) is 5.88 Å². The molecule has 0 spiro atoms. The molecule has 3 rings (SSSR count). The van der Waals surface area contributed by atoms with Gasteiger partial charge < -0.3 is 9.47 Å². The van der Waals surface area contributed by atoms with Crippen molar-refractivity contribution in [3.63, 3.8) is 0 Å². The molecular weight excluding hydrogens is 296 g/mol. The Balaban J connectivity index is 1.61. The van der Waals surface area contributed by atoms with Gasteiger partial charge in [-0.05, 0) is 6.42 Å². The predicted molar refractivity (Wildman–Crippen MR) is 73.9 cm³/mol. The van der Waals surface area contributed by atoms with Crippen LogP contribution in [0.3, 0.4) is 0 Å². The molecule has 1 atom stereocenters. The van der Waals surface area contributed by atoms with E-state index in [0.717, 1.165) is 0 Å². The molecule has 0 amide bonds. The third kappa shape index (κ3) is 3.31. The average molecular weight is 314 g/mol. The number of ether oxygens (including phenoxy) is 2. The molecule has 1 aromatic heterocycles. The Bertz CT molecular complexity index is 562. The van der Waals surface area contributed by atoms with Crippen LogP contribution < -0.4 is 4.74 Å². The lowest BCUT2D eigenvalue weighted by atomic mass is 10.3. The van der Waals surface area contributed by atoms with Gasteiger partial charge in [0.1, 0.15) is 6.10 Å². The van der Waals surface area contributed by atoms with Crippen molar-refractivity contribution >= 4 is 10.2 Å². The van der Waals surface area contributed by atoms with E-state index in [9.17, 15) is 8.42 Å². The summed E-state index contributed by atoms with van der Waals surface area (Å²) in [7, 11) is -3.42. The maximum atomic E-state index is 12.5. The zero-order valence-corrected chi connectivity index (χ0v) is 12.4. The minimum Gasteiger partial charge on any atom is -0.472 e. The smallest absolute Gasteiger partial charge is 0.282 e. The van der Waals surface area contributed by atoms with Gasteiger partial charge >= 0.3 is 0 Å².